The molecule has 0 bridgehead atoms. The van der Waals surface area contributed by atoms with E-state index in [0.717, 1.165) is 5.52 Å². The van der Waals surface area contributed by atoms with Crippen LogP contribution in [0.2, 0.25) is 0 Å². The lowest BCUT2D eigenvalue weighted by atomic mass is 10.1. The Morgan fingerprint density at radius 3 is 2.81 bits per heavy atom. The first-order valence-corrected chi connectivity index (χ1v) is 6.27. The SMILES string of the molecule is NC(=O)c1ccccc1NC(=O)c1ccn2cncc2c1. The van der Waals surface area contributed by atoms with Crippen molar-refractivity contribution in [3.63, 3.8) is 0 Å². The molecule has 2 amide bonds. The van der Waals surface area contributed by atoms with Crippen LogP contribution in [0.25, 0.3) is 5.52 Å². The number of carbonyl (C=O) groups is 2. The maximum atomic E-state index is 12.3. The molecule has 6 nitrogen and oxygen atoms in total. The normalized spacial score (nSPS) is 10.5. The molecule has 0 aliphatic carbocycles. The highest BCUT2D eigenvalue weighted by atomic mass is 16.2. The second-order valence-electron chi connectivity index (χ2n) is 4.51. The van der Waals surface area contributed by atoms with Gasteiger partial charge in [-0.05, 0) is 24.3 Å². The number of carbonyl (C=O) groups excluding carboxylic acids is 2. The lowest BCUT2D eigenvalue weighted by Gasteiger charge is -2.09. The summed E-state index contributed by atoms with van der Waals surface area (Å²) < 4.78 is 1.80. The van der Waals surface area contributed by atoms with Crippen LogP contribution < -0.4 is 11.1 Å². The lowest BCUT2D eigenvalue weighted by molar-refractivity contribution is 0.100. The van der Waals surface area contributed by atoms with Crippen LogP contribution in [-0.4, -0.2) is 21.2 Å². The minimum Gasteiger partial charge on any atom is -0.366 e. The van der Waals surface area contributed by atoms with Crippen molar-refractivity contribution < 1.29 is 9.59 Å². The van der Waals surface area contributed by atoms with Gasteiger partial charge in [-0.15, -0.1) is 0 Å². The highest BCUT2D eigenvalue weighted by Crippen LogP contribution is 2.16. The van der Waals surface area contributed by atoms with Gasteiger partial charge in [-0.3, -0.25) is 9.59 Å². The molecule has 0 atom stereocenters. The molecule has 0 aliphatic heterocycles. The molecule has 104 valence electrons. The molecule has 0 aliphatic rings. The zero-order valence-corrected chi connectivity index (χ0v) is 11.0. The molecule has 2 heterocycles. The van der Waals surface area contributed by atoms with Gasteiger partial charge in [0.1, 0.15) is 0 Å². The van der Waals surface area contributed by atoms with Crippen molar-refractivity contribution in [3.8, 4) is 0 Å². The van der Waals surface area contributed by atoms with Crippen LogP contribution >= 0.6 is 0 Å². The van der Waals surface area contributed by atoms with Crippen LogP contribution in [-0.2, 0) is 0 Å². The van der Waals surface area contributed by atoms with E-state index in [2.05, 4.69) is 10.3 Å². The number of para-hydroxylation sites is 1. The number of benzene rings is 1. The first-order valence-electron chi connectivity index (χ1n) is 6.27. The van der Waals surface area contributed by atoms with E-state index in [4.69, 9.17) is 5.73 Å². The standard InChI is InChI=1S/C15H12N4O2/c16-14(20)12-3-1-2-4-13(12)18-15(21)10-5-6-19-9-17-8-11(19)7-10/h1-9H,(H2,16,20)(H,18,21). The van der Waals surface area contributed by atoms with Crippen molar-refractivity contribution in [2.45, 2.75) is 0 Å². The molecule has 6 heteroatoms. The van der Waals surface area contributed by atoms with Gasteiger partial charge in [-0.2, -0.15) is 0 Å². The van der Waals surface area contributed by atoms with E-state index < -0.39 is 5.91 Å². The predicted molar refractivity (Wildman–Crippen MR) is 78.1 cm³/mol. The van der Waals surface area contributed by atoms with Gasteiger partial charge in [0, 0.05) is 11.8 Å². The zero-order chi connectivity index (χ0) is 14.8. The fourth-order valence-electron chi connectivity index (χ4n) is 2.06. The summed E-state index contributed by atoms with van der Waals surface area (Å²) in [6, 6.07) is 10.0. The van der Waals surface area contributed by atoms with Crippen LogP contribution in [0.3, 0.4) is 0 Å². The first-order chi connectivity index (χ1) is 10.1. The zero-order valence-electron chi connectivity index (χ0n) is 11.0. The maximum Gasteiger partial charge on any atom is 0.255 e. The minimum atomic E-state index is -0.586. The molecule has 0 radical (unpaired) electrons. The number of hydrogen-bond donors (Lipinski definition) is 2. The molecule has 2 aromatic heterocycles. The van der Waals surface area contributed by atoms with Gasteiger partial charge in [-0.25, -0.2) is 4.98 Å². The topological polar surface area (TPSA) is 89.5 Å². The van der Waals surface area contributed by atoms with Gasteiger partial charge in [0.15, 0.2) is 0 Å². The molecule has 0 fully saturated rings. The Bertz CT molecular complexity index is 838. The molecule has 3 N–H and O–H groups in total. The van der Waals surface area contributed by atoms with E-state index in [1.165, 1.54) is 0 Å². The summed E-state index contributed by atoms with van der Waals surface area (Å²) in [5.41, 5.74) is 7.24. The van der Waals surface area contributed by atoms with Crippen molar-refractivity contribution in [2.75, 3.05) is 5.32 Å². The number of fused-ring (bicyclic) bond motifs is 1. The van der Waals surface area contributed by atoms with Gasteiger partial charge in [0.2, 0.25) is 0 Å². The summed E-state index contributed by atoms with van der Waals surface area (Å²) in [5.74, 6) is -0.899. The number of aromatic nitrogens is 2. The number of nitrogens with one attached hydrogen (secondary N) is 1. The van der Waals surface area contributed by atoms with Crippen LogP contribution in [0.5, 0.6) is 0 Å². The van der Waals surface area contributed by atoms with E-state index in [9.17, 15) is 9.59 Å². The second kappa shape index (κ2) is 5.09. The van der Waals surface area contributed by atoms with E-state index >= 15 is 0 Å². The average Bonchev–Trinajstić information content (AvgIpc) is 2.94. The van der Waals surface area contributed by atoms with Crippen molar-refractivity contribution in [1.82, 2.24) is 9.38 Å². The Kier molecular flexibility index (Phi) is 3.12. The Balaban J connectivity index is 1.91. The van der Waals surface area contributed by atoms with E-state index in [1.807, 2.05) is 0 Å². The van der Waals surface area contributed by atoms with Crippen LogP contribution in [0.4, 0.5) is 5.69 Å². The molecule has 0 saturated carbocycles. The number of imidazole rings is 1. The lowest BCUT2D eigenvalue weighted by Crippen LogP contribution is -2.18. The fraction of sp³-hybridized carbons (Fsp3) is 0. The number of hydrogen-bond acceptors (Lipinski definition) is 3. The van der Waals surface area contributed by atoms with Gasteiger partial charge in [-0.1, -0.05) is 12.1 Å². The number of nitrogens with two attached hydrogens (primary N) is 1. The van der Waals surface area contributed by atoms with Gasteiger partial charge in [0.25, 0.3) is 11.8 Å². The smallest absolute Gasteiger partial charge is 0.255 e. The van der Waals surface area contributed by atoms with E-state index in [-0.39, 0.29) is 11.5 Å². The first kappa shape index (κ1) is 12.9. The highest BCUT2D eigenvalue weighted by molar-refractivity contribution is 6.09. The van der Waals surface area contributed by atoms with Crippen LogP contribution in [0.1, 0.15) is 20.7 Å². The third-order valence-corrected chi connectivity index (χ3v) is 3.12. The summed E-state index contributed by atoms with van der Waals surface area (Å²) >= 11 is 0. The Labute approximate surface area is 120 Å². The van der Waals surface area contributed by atoms with Gasteiger partial charge >= 0.3 is 0 Å². The van der Waals surface area contributed by atoms with Crippen molar-refractivity contribution in [2.24, 2.45) is 5.73 Å². The molecule has 0 spiro atoms. The molecular weight excluding hydrogens is 268 g/mol. The largest absolute Gasteiger partial charge is 0.366 e. The quantitative estimate of drug-likeness (QED) is 0.765. The van der Waals surface area contributed by atoms with Crippen molar-refractivity contribution >= 4 is 23.0 Å². The molecule has 1 aromatic carbocycles. The van der Waals surface area contributed by atoms with Gasteiger partial charge < -0.3 is 15.5 Å². The minimum absolute atomic E-state index is 0.274. The summed E-state index contributed by atoms with van der Waals surface area (Å²) in [6.07, 6.45) is 5.06. The number of rotatable bonds is 3. The average molecular weight is 280 g/mol. The second-order valence-corrected chi connectivity index (χ2v) is 4.51. The molecule has 0 saturated heterocycles. The predicted octanol–water partition coefficient (Wildman–Crippen LogP) is 1.69. The number of nitrogens with zero attached hydrogens (tertiary/aromatic N) is 2. The Morgan fingerprint density at radius 2 is 2.00 bits per heavy atom. The number of anilines is 1. The van der Waals surface area contributed by atoms with Crippen molar-refractivity contribution in [3.05, 3.63) is 66.2 Å². The molecule has 0 unspecified atom stereocenters. The van der Waals surface area contributed by atoms with Gasteiger partial charge in [0.05, 0.1) is 29.3 Å². The molecule has 21 heavy (non-hydrogen) atoms. The summed E-state index contributed by atoms with van der Waals surface area (Å²) in [5, 5.41) is 2.70. The summed E-state index contributed by atoms with van der Waals surface area (Å²) in [4.78, 5) is 27.6. The van der Waals surface area contributed by atoms with E-state index in [0.29, 0.717) is 11.3 Å². The third kappa shape index (κ3) is 2.46. The fourth-order valence-corrected chi connectivity index (χ4v) is 2.06. The maximum absolute atomic E-state index is 12.3. The van der Waals surface area contributed by atoms with E-state index in [1.54, 1.807) is 59.5 Å². The summed E-state index contributed by atoms with van der Waals surface area (Å²) in [7, 11) is 0. The highest BCUT2D eigenvalue weighted by Gasteiger charge is 2.12. The van der Waals surface area contributed by atoms with Crippen LogP contribution in [0, 0.1) is 0 Å². The van der Waals surface area contributed by atoms with Crippen molar-refractivity contribution in [1.29, 1.82) is 0 Å². The monoisotopic (exact) mass is 280 g/mol. The molecule has 3 rings (SSSR count). The molecule has 3 aromatic rings. The molecular formula is C15H12N4O2. The van der Waals surface area contributed by atoms with Crippen LogP contribution in [0.15, 0.2) is 55.1 Å². The number of pyridine rings is 1. The third-order valence-electron chi connectivity index (χ3n) is 3.12. The Morgan fingerprint density at radius 1 is 1.19 bits per heavy atom. The number of amides is 2. The number of primary amides is 1. The Hall–Kier alpha value is -3.15. The summed E-state index contributed by atoms with van der Waals surface area (Å²) in [6.45, 7) is 0.